The monoisotopic (exact) mass is 537 g/mol. The van der Waals surface area contributed by atoms with E-state index < -0.39 is 17.3 Å². The molecule has 2 N–H and O–H groups in total. The first-order valence-electron chi connectivity index (χ1n) is 10.5. The van der Waals surface area contributed by atoms with E-state index >= 15 is 0 Å². The lowest BCUT2D eigenvalue weighted by Gasteiger charge is -2.26. The van der Waals surface area contributed by atoms with Crippen LogP contribution in [0.5, 0.6) is 0 Å². The van der Waals surface area contributed by atoms with Crippen molar-refractivity contribution in [2.24, 2.45) is 0 Å². The number of benzene rings is 2. The Bertz CT molecular complexity index is 1410. The Kier molecular flexibility index (Phi) is 6.68. The molecule has 34 heavy (non-hydrogen) atoms. The van der Waals surface area contributed by atoms with Gasteiger partial charge in [0.15, 0.2) is 0 Å². The molecule has 2 aromatic carbocycles. The molecule has 0 fully saturated rings. The van der Waals surface area contributed by atoms with Gasteiger partial charge in [-0.3, -0.25) is 14.6 Å². The molecular weight excluding hydrogens is 518 g/mol. The van der Waals surface area contributed by atoms with E-state index in [-0.39, 0.29) is 17.3 Å². The minimum atomic E-state index is -1.52. The highest BCUT2D eigenvalue weighted by Crippen LogP contribution is 2.32. The maximum atomic E-state index is 13.6. The second-order valence-corrected chi connectivity index (χ2v) is 9.46. The highest BCUT2D eigenvalue weighted by Gasteiger charge is 2.39. The number of hydrogen-bond donors (Lipinski definition) is 2. The van der Waals surface area contributed by atoms with Crippen molar-refractivity contribution in [3.8, 4) is 11.3 Å². The summed E-state index contributed by atoms with van der Waals surface area (Å²) in [7, 11) is 0. The number of pyridine rings is 2. The van der Waals surface area contributed by atoms with E-state index in [1.807, 2.05) is 55.5 Å². The van der Waals surface area contributed by atoms with Crippen LogP contribution in [0.1, 0.15) is 28.5 Å². The number of halogens is 2. The molecule has 172 valence electrons. The lowest BCUT2D eigenvalue weighted by atomic mass is 9.86. The fraction of sp³-hybridized carbons (Fsp3) is 0.154. The van der Waals surface area contributed by atoms with Crippen LogP contribution in [0.2, 0.25) is 5.02 Å². The number of carbonyl (C=O) groups is 2. The summed E-state index contributed by atoms with van der Waals surface area (Å²) in [6.07, 6.45) is 1.48. The van der Waals surface area contributed by atoms with Gasteiger partial charge in [-0.25, -0.2) is 4.98 Å². The van der Waals surface area contributed by atoms with Crippen LogP contribution in [0.4, 0.5) is 0 Å². The van der Waals surface area contributed by atoms with Crippen LogP contribution in [0.25, 0.3) is 22.2 Å². The molecule has 0 radical (unpaired) electrons. The van der Waals surface area contributed by atoms with Crippen molar-refractivity contribution in [1.82, 2.24) is 15.3 Å². The Morgan fingerprint density at radius 1 is 1.12 bits per heavy atom. The van der Waals surface area contributed by atoms with Crippen LogP contribution < -0.4 is 5.32 Å². The van der Waals surface area contributed by atoms with Crippen molar-refractivity contribution in [3.63, 3.8) is 0 Å². The third-order valence-corrected chi connectivity index (χ3v) is 6.62. The van der Waals surface area contributed by atoms with E-state index in [9.17, 15) is 14.7 Å². The second-order valence-electron chi connectivity index (χ2n) is 8.14. The zero-order valence-electron chi connectivity index (χ0n) is 18.5. The molecule has 4 aromatic rings. The van der Waals surface area contributed by atoms with Gasteiger partial charge >= 0.3 is 5.97 Å². The molecule has 6 nitrogen and oxygen atoms in total. The summed E-state index contributed by atoms with van der Waals surface area (Å²) < 4.78 is 0.804. The smallest absolute Gasteiger partial charge is 0.317 e. The first-order valence-corrected chi connectivity index (χ1v) is 11.7. The lowest BCUT2D eigenvalue weighted by molar-refractivity contribution is -0.143. The highest BCUT2D eigenvalue weighted by atomic mass is 79.9. The summed E-state index contributed by atoms with van der Waals surface area (Å²) in [5.41, 5.74) is 2.03. The minimum Gasteiger partial charge on any atom is -0.480 e. The Morgan fingerprint density at radius 3 is 2.53 bits per heavy atom. The molecule has 0 saturated heterocycles. The van der Waals surface area contributed by atoms with Gasteiger partial charge in [0.1, 0.15) is 5.41 Å². The molecule has 0 aliphatic rings. The van der Waals surface area contributed by atoms with Gasteiger partial charge < -0.3 is 10.4 Å². The number of nitrogens with one attached hydrogen (secondary N) is 1. The van der Waals surface area contributed by atoms with E-state index in [4.69, 9.17) is 16.6 Å². The normalized spacial score (nSPS) is 12.8. The van der Waals surface area contributed by atoms with E-state index in [1.165, 1.54) is 13.1 Å². The molecule has 0 bridgehead atoms. The highest BCUT2D eigenvalue weighted by molar-refractivity contribution is 9.10. The molecule has 0 spiro atoms. The Hall–Kier alpha value is -3.29. The number of nitrogens with zero attached hydrogens (tertiary/aromatic N) is 2. The van der Waals surface area contributed by atoms with Crippen LogP contribution in [0.3, 0.4) is 0 Å². The molecular formula is C26H21BrClN3O3. The second kappa shape index (κ2) is 9.52. The lowest BCUT2D eigenvalue weighted by Crippen LogP contribution is -2.45. The standard InChI is InChI=1S/C26H21BrClN3O3/c1-15-21(24(32)30-14-26(2,25(33)34)23-19(28)9-6-12-29-23)18-13-17(27)10-11-20(18)31-22(15)16-7-4-3-5-8-16/h3-13H,14H2,1-2H3,(H,30,32)(H,33,34). The topological polar surface area (TPSA) is 92.2 Å². The number of carboxylic acids is 1. The largest absolute Gasteiger partial charge is 0.480 e. The van der Waals surface area contributed by atoms with Crippen molar-refractivity contribution in [3.05, 3.63) is 93.2 Å². The molecule has 8 heteroatoms. The Morgan fingerprint density at radius 2 is 1.85 bits per heavy atom. The summed E-state index contributed by atoms with van der Waals surface area (Å²) in [5, 5.41) is 13.7. The maximum absolute atomic E-state index is 13.6. The molecule has 2 aromatic heterocycles. The zero-order chi connectivity index (χ0) is 24.5. The van der Waals surface area contributed by atoms with E-state index in [0.29, 0.717) is 27.7 Å². The van der Waals surface area contributed by atoms with Gasteiger partial charge in [-0.05, 0) is 49.7 Å². The number of aliphatic carboxylic acids is 1. The summed E-state index contributed by atoms with van der Waals surface area (Å²) in [5.74, 6) is -1.54. The van der Waals surface area contributed by atoms with E-state index in [0.717, 1.165) is 10.0 Å². The van der Waals surface area contributed by atoms with Gasteiger partial charge in [-0.1, -0.05) is 57.9 Å². The Balaban J connectivity index is 1.79. The van der Waals surface area contributed by atoms with Crippen LogP contribution in [-0.4, -0.2) is 33.5 Å². The quantitative estimate of drug-likeness (QED) is 0.324. The molecule has 0 saturated carbocycles. The molecule has 4 rings (SSSR count). The summed E-state index contributed by atoms with van der Waals surface area (Å²) in [6.45, 7) is 3.14. The predicted molar refractivity (Wildman–Crippen MR) is 136 cm³/mol. The molecule has 0 aliphatic heterocycles. The van der Waals surface area contributed by atoms with Crippen molar-refractivity contribution in [2.75, 3.05) is 6.54 Å². The van der Waals surface area contributed by atoms with Crippen molar-refractivity contribution in [1.29, 1.82) is 0 Å². The summed E-state index contributed by atoms with van der Waals surface area (Å²) in [6, 6.07) is 18.4. The van der Waals surface area contributed by atoms with Gasteiger partial charge in [0.05, 0.1) is 27.5 Å². The van der Waals surface area contributed by atoms with Crippen LogP contribution >= 0.6 is 27.5 Å². The number of aromatic nitrogens is 2. The van der Waals surface area contributed by atoms with Crippen molar-refractivity contribution in [2.45, 2.75) is 19.3 Å². The van der Waals surface area contributed by atoms with Gasteiger partial charge in [0.2, 0.25) is 0 Å². The number of amides is 1. The predicted octanol–water partition coefficient (Wildman–Crippen LogP) is 5.79. The molecule has 2 heterocycles. The zero-order valence-corrected chi connectivity index (χ0v) is 20.8. The molecule has 0 aliphatic carbocycles. The first kappa shape index (κ1) is 23.9. The number of carboxylic acid groups (broad SMARTS) is 1. The average molecular weight is 539 g/mol. The Labute approximate surface area is 210 Å². The average Bonchev–Trinajstić information content (AvgIpc) is 2.82. The maximum Gasteiger partial charge on any atom is 0.317 e. The van der Waals surface area contributed by atoms with Gasteiger partial charge in [-0.15, -0.1) is 0 Å². The summed E-state index contributed by atoms with van der Waals surface area (Å²) >= 11 is 9.71. The van der Waals surface area contributed by atoms with E-state index in [2.05, 4.69) is 26.2 Å². The molecule has 1 amide bonds. The van der Waals surface area contributed by atoms with E-state index in [1.54, 1.807) is 12.1 Å². The third kappa shape index (κ3) is 4.41. The number of fused-ring (bicyclic) bond motifs is 1. The fourth-order valence-electron chi connectivity index (χ4n) is 3.90. The molecule has 1 atom stereocenters. The van der Waals surface area contributed by atoms with Gasteiger partial charge in [0.25, 0.3) is 5.91 Å². The fourth-order valence-corrected chi connectivity index (χ4v) is 4.59. The minimum absolute atomic E-state index is 0.188. The van der Waals surface area contributed by atoms with Crippen molar-refractivity contribution < 1.29 is 14.7 Å². The van der Waals surface area contributed by atoms with Crippen molar-refractivity contribution >= 4 is 50.3 Å². The van der Waals surface area contributed by atoms with Crippen LogP contribution in [0.15, 0.2) is 71.3 Å². The third-order valence-electron chi connectivity index (χ3n) is 5.82. The van der Waals surface area contributed by atoms with Gasteiger partial charge in [-0.2, -0.15) is 0 Å². The van der Waals surface area contributed by atoms with Crippen LogP contribution in [-0.2, 0) is 10.2 Å². The van der Waals surface area contributed by atoms with Crippen LogP contribution in [0, 0.1) is 6.92 Å². The SMILES string of the molecule is Cc1c(-c2ccccc2)nc2ccc(Br)cc2c1C(=O)NCC(C)(C(=O)O)c1ncccc1Cl. The number of carbonyl (C=O) groups excluding carboxylic acids is 1. The number of hydrogen-bond acceptors (Lipinski definition) is 4. The first-order chi connectivity index (χ1) is 16.2. The summed E-state index contributed by atoms with van der Waals surface area (Å²) in [4.78, 5) is 34.8. The number of rotatable bonds is 6. The molecule has 1 unspecified atom stereocenters. The van der Waals surface area contributed by atoms with Gasteiger partial charge in [0, 0.05) is 28.2 Å².